The smallest absolute Gasteiger partial charge is 0.341 e. The van der Waals surface area contributed by atoms with Crippen LogP contribution in [0.4, 0.5) is 5.00 Å². The van der Waals surface area contributed by atoms with Gasteiger partial charge in [0.15, 0.2) is 11.0 Å². The number of nitrogens with one attached hydrogen (secondary N) is 2. The fraction of sp³-hybridized carbons (Fsp3) is 0.300. The van der Waals surface area contributed by atoms with E-state index in [-0.39, 0.29) is 30.7 Å². The molecular weight excluding hydrogens is 574 g/mol. The number of benzene rings is 2. The fourth-order valence-corrected chi connectivity index (χ4v) is 6.82. The van der Waals surface area contributed by atoms with Gasteiger partial charge in [0.1, 0.15) is 10.8 Å². The zero-order chi connectivity index (χ0) is 29.5. The Morgan fingerprint density at radius 2 is 1.83 bits per heavy atom. The van der Waals surface area contributed by atoms with Crippen molar-refractivity contribution in [3.8, 4) is 5.75 Å². The van der Waals surface area contributed by atoms with E-state index < -0.39 is 5.97 Å². The molecule has 218 valence electrons. The molecule has 0 aliphatic heterocycles. The van der Waals surface area contributed by atoms with E-state index >= 15 is 0 Å². The van der Waals surface area contributed by atoms with Crippen molar-refractivity contribution in [2.75, 3.05) is 24.8 Å². The summed E-state index contributed by atoms with van der Waals surface area (Å²) < 4.78 is 12.5. The maximum Gasteiger partial charge on any atom is 0.341 e. The molecule has 1 aliphatic rings. The number of methoxy groups -OCH3 is 1. The van der Waals surface area contributed by atoms with E-state index in [0.717, 1.165) is 35.3 Å². The van der Waals surface area contributed by atoms with Gasteiger partial charge < -0.3 is 24.7 Å². The number of para-hydroxylation sites is 1. The molecular formula is C30H31N5O5S2. The Morgan fingerprint density at radius 1 is 1.05 bits per heavy atom. The molecule has 0 spiro atoms. The number of anilines is 1. The van der Waals surface area contributed by atoms with E-state index in [9.17, 15) is 14.4 Å². The highest BCUT2D eigenvalue weighted by atomic mass is 32.2. The molecule has 42 heavy (non-hydrogen) atoms. The summed E-state index contributed by atoms with van der Waals surface area (Å²) in [5.41, 5.74) is 2.91. The van der Waals surface area contributed by atoms with E-state index in [1.165, 1.54) is 30.2 Å². The number of fused-ring (bicyclic) bond motifs is 1. The summed E-state index contributed by atoms with van der Waals surface area (Å²) in [7, 11) is 1.52. The summed E-state index contributed by atoms with van der Waals surface area (Å²) in [6, 6.07) is 16.8. The Kier molecular flexibility index (Phi) is 9.55. The van der Waals surface area contributed by atoms with Crippen LogP contribution in [0.2, 0.25) is 0 Å². The Balaban J connectivity index is 1.30. The van der Waals surface area contributed by atoms with Crippen LogP contribution < -0.4 is 15.4 Å². The normalized spacial score (nSPS) is 12.0. The molecule has 0 radical (unpaired) electrons. The first-order valence-corrected chi connectivity index (χ1v) is 15.4. The molecule has 2 heterocycles. The van der Waals surface area contributed by atoms with E-state index in [0.29, 0.717) is 39.4 Å². The SMILES string of the molecule is CCOC(=O)c1c(NC(=O)CSc2nnc(CNC(=O)c3ccccc3OC)n2Cc2ccccc2)sc2c1CCC2. The van der Waals surface area contributed by atoms with Crippen LogP contribution in [-0.4, -0.2) is 52.0 Å². The Morgan fingerprint density at radius 3 is 2.62 bits per heavy atom. The third-order valence-corrected chi connectivity index (χ3v) is 8.90. The zero-order valence-corrected chi connectivity index (χ0v) is 25.0. The van der Waals surface area contributed by atoms with Crippen LogP contribution in [0.1, 0.15) is 55.9 Å². The molecule has 0 atom stereocenters. The van der Waals surface area contributed by atoms with Gasteiger partial charge in [0, 0.05) is 4.88 Å². The molecule has 12 heteroatoms. The Bertz CT molecular complexity index is 1580. The number of hydrogen-bond acceptors (Lipinski definition) is 9. The lowest BCUT2D eigenvalue weighted by molar-refractivity contribution is -0.113. The number of esters is 1. The van der Waals surface area contributed by atoms with Crippen molar-refractivity contribution in [1.29, 1.82) is 0 Å². The van der Waals surface area contributed by atoms with Crippen LogP contribution in [0.3, 0.4) is 0 Å². The second kappa shape index (κ2) is 13.7. The highest BCUT2D eigenvalue weighted by molar-refractivity contribution is 7.99. The van der Waals surface area contributed by atoms with Crippen LogP contribution in [0, 0.1) is 0 Å². The fourth-order valence-electron chi connectivity index (χ4n) is 4.77. The minimum Gasteiger partial charge on any atom is -0.496 e. The van der Waals surface area contributed by atoms with E-state index in [1.807, 2.05) is 34.9 Å². The number of hydrogen-bond donors (Lipinski definition) is 2. The number of nitrogens with zero attached hydrogens (tertiary/aromatic N) is 3. The van der Waals surface area contributed by atoms with E-state index in [1.54, 1.807) is 31.2 Å². The van der Waals surface area contributed by atoms with Crippen LogP contribution in [-0.2, 0) is 35.5 Å². The van der Waals surface area contributed by atoms with Crippen molar-refractivity contribution in [2.24, 2.45) is 0 Å². The molecule has 0 unspecified atom stereocenters. The Labute approximate surface area is 251 Å². The summed E-state index contributed by atoms with van der Waals surface area (Å²) in [5, 5.41) is 15.6. The lowest BCUT2D eigenvalue weighted by atomic mass is 10.1. The van der Waals surface area contributed by atoms with Crippen molar-refractivity contribution in [1.82, 2.24) is 20.1 Å². The highest BCUT2D eigenvalue weighted by Crippen LogP contribution is 2.39. The summed E-state index contributed by atoms with van der Waals surface area (Å²) >= 11 is 2.69. The van der Waals surface area contributed by atoms with Gasteiger partial charge in [-0.25, -0.2) is 4.79 Å². The number of aryl methyl sites for hydroxylation is 1. The van der Waals surface area contributed by atoms with Gasteiger partial charge in [-0.15, -0.1) is 21.5 Å². The number of thioether (sulfide) groups is 1. The van der Waals surface area contributed by atoms with Gasteiger partial charge in [0.25, 0.3) is 5.91 Å². The van der Waals surface area contributed by atoms with Crippen LogP contribution in [0.5, 0.6) is 5.75 Å². The molecule has 0 saturated carbocycles. The summed E-state index contributed by atoms with van der Waals surface area (Å²) in [4.78, 5) is 39.7. The van der Waals surface area contributed by atoms with Gasteiger partial charge in [0.2, 0.25) is 5.91 Å². The average Bonchev–Trinajstić information content (AvgIpc) is 3.70. The third kappa shape index (κ3) is 6.66. The summed E-state index contributed by atoms with van der Waals surface area (Å²) in [6.07, 6.45) is 2.70. The lowest BCUT2D eigenvalue weighted by Gasteiger charge is -2.12. The molecule has 1 aliphatic carbocycles. The van der Waals surface area contributed by atoms with E-state index in [2.05, 4.69) is 20.8 Å². The molecule has 10 nitrogen and oxygen atoms in total. The number of ether oxygens (including phenoxy) is 2. The van der Waals surface area contributed by atoms with Crippen molar-refractivity contribution in [3.63, 3.8) is 0 Å². The minimum absolute atomic E-state index is 0.0608. The first-order chi connectivity index (χ1) is 20.5. The molecule has 2 aromatic carbocycles. The van der Waals surface area contributed by atoms with Crippen molar-refractivity contribution < 1.29 is 23.9 Å². The second-order valence-corrected chi connectivity index (χ2v) is 11.5. The standard InChI is InChI=1S/C30H31N5O5S2/c1-3-40-29(38)26-21-13-9-15-23(21)42-28(26)32-25(36)18-41-30-34-33-24(35(30)17-19-10-5-4-6-11-19)16-31-27(37)20-12-7-8-14-22(20)39-2/h4-8,10-12,14H,3,9,13,15-18H2,1-2H3,(H,31,37)(H,32,36). The highest BCUT2D eigenvalue weighted by Gasteiger charge is 2.28. The van der Waals surface area contributed by atoms with Gasteiger partial charge in [-0.05, 0) is 49.4 Å². The first-order valence-electron chi connectivity index (χ1n) is 13.6. The number of carbonyl (C=O) groups excluding carboxylic acids is 3. The summed E-state index contributed by atoms with van der Waals surface area (Å²) in [5.74, 6) is 0.128. The number of thiophene rings is 1. The number of aromatic nitrogens is 3. The molecule has 2 amide bonds. The van der Waals surface area contributed by atoms with Crippen LogP contribution >= 0.6 is 23.1 Å². The van der Waals surface area contributed by atoms with Gasteiger partial charge in [0.05, 0.1) is 43.7 Å². The number of amides is 2. The van der Waals surface area contributed by atoms with Crippen LogP contribution in [0.25, 0.3) is 0 Å². The zero-order valence-electron chi connectivity index (χ0n) is 23.3. The van der Waals surface area contributed by atoms with Gasteiger partial charge in [-0.1, -0.05) is 54.2 Å². The second-order valence-electron chi connectivity index (χ2n) is 9.47. The maximum absolute atomic E-state index is 13.1. The van der Waals surface area contributed by atoms with E-state index in [4.69, 9.17) is 9.47 Å². The molecule has 4 aromatic rings. The van der Waals surface area contributed by atoms with Gasteiger partial charge >= 0.3 is 5.97 Å². The molecule has 2 aromatic heterocycles. The molecule has 0 bridgehead atoms. The van der Waals surface area contributed by atoms with Crippen molar-refractivity contribution in [2.45, 2.75) is 44.4 Å². The average molecular weight is 606 g/mol. The van der Waals surface area contributed by atoms with Crippen molar-refractivity contribution in [3.05, 3.63) is 87.6 Å². The van der Waals surface area contributed by atoms with Crippen LogP contribution in [0.15, 0.2) is 59.8 Å². The third-order valence-electron chi connectivity index (χ3n) is 6.72. The van der Waals surface area contributed by atoms with Gasteiger partial charge in [-0.2, -0.15) is 0 Å². The largest absolute Gasteiger partial charge is 0.496 e. The number of carbonyl (C=O) groups is 3. The number of rotatable bonds is 12. The van der Waals surface area contributed by atoms with Crippen molar-refractivity contribution >= 4 is 45.9 Å². The topological polar surface area (TPSA) is 124 Å². The predicted octanol–water partition coefficient (Wildman–Crippen LogP) is 4.72. The molecule has 0 fully saturated rings. The molecule has 5 rings (SSSR count). The Hall–Kier alpha value is -4.16. The van der Waals surface area contributed by atoms with Gasteiger partial charge in [-0.3, -0.25) is 9.59 Å². The molecule has 0 saturated heterocycles. The molecule has 2 N–H and O–H groups in total. The predicted molar refractivity (Wildman–Crippen MR) is 161 cm³/mol. The summed E-state index contributed by atoms with van der Waals surface area (Å²) in [6.45, 7) is 2.63. The monoisotopic (exact) mass is 605 g/mol. The minimum atomic E-state index is -0.401. The lowest BCUT2D eigenvalue weighted by Crippen LogP contribution is -2.25. The quantitative estimate of drug-likeness (QED) is 0.176. The first kappa shape index (κ1) is 29.3. The maximum atomic E-state index is 13.1.